The fraction of sp³-hybridized carbons (Fsp3) is 0.517. The third-order valence-electron chi connectivity index (χ3n) is 15.6. The molecule has 3 aromatic rings. The van der Waals surface area contributed by atoms with Crippen molar-refractivity contribution in [2.45, 2.75) is 90.6 Å². The van der Waals surface area contributed by atoms with Crippen LogP contribution in [-0.4, -0.2) is 117 Å². The van der Waals surface area contributed by atoms with Crippen LogP contribution < -0.4 is 14.2 Å². The van der Waals surface area contributed by atoms with Crippen molar-refractivity contribution in [2.75, 3.05) is 98.8 Å². The number of ether oxygens (including phenoxy) is 7. The zero-order chi connectivity index (χ0) is 49.1. The molecule has 0 N–H and O–H groups in total. The molecule has 10 nitrogen and oxygen atoms in total. The summed E-state index contributed by atoms with van der Waals surface area (Å²) in [6.45, 7) is 19.0. The lowest BCUT2D eigenvalue weighted by Gasteiger charge is -2.34. The monoisotopic (exact) mass is 955 g/mol. The van der Waals surface area contributed by atoms with E-state index in [1.165, 1.54) is 46.6 Å². The predicted octanol–water partition coefficient (Wildman–Crippen LogP) is 11.4. The Morgan fingerprint density at radius 2 is 1.30 bits per heavy atom. The molecule has 5 aliphatic rings. The summed E-state index contributed by atoms with van der Waals surface area (Å²) in [6, 6.07) is 28.7. The summed E-state index contributed by atoms with van der Waals surface area (Å²) in [5.41, 5.74) is 10.1. The smallest absolute Gasteiger partial charge is 0.217 e. The SMILES string of the molecule is COCCOCCOCCN1C2C=CC(OC)=CC2C(C)(C)C1C/C=C1\CCC(=CC=C2N(CCOCCOCCC3(C)CC3)c3ccc(OC)cc3C2(C)C)C1=[N+](c1ccccc1)c1ccccc1. The molecule has 3 fully saturated rings. The number of hydrogen-bond donors (Lipinski definition) is 0. The van der Waals surface area contributed by atoms with Crippen molar-refractivity contribution >= 4 is 22.8 Å². The van der Waals surface area contributed by atoms with E-state index in [0.717, 1.165) is 68.3 Å². The zero-order valence-electron chi connectivity index (χ0n) is 43.4. The van der Waals surface area contributed by atoms with Crippen LogP contribution in [0.5, 0.6) is 5.75 Å². The largest absolute Gasteiger partial charge is 0.497 e. The van der Waals surface area contributed by atoms with Gasteiger partial charge >= 0.3 is 0 Å². The summed E-state index contributed by atoms with van der Waals surface area (Å²) < 4.78 is 43.3. The van der Waals surface area contributed by atoms with Crippen LogP contribution in [0.4, 0.5) is 17.1 Å². The van der Waals surface area contributed by atoms with Gasteiger partial charge in [-0.1, -0.05) is 89.2 Å². The van der Waals surface area contributed by atoms with Crippen molar-refractivity contribution in [3.63, 3.8) is 0 Å². The highest BCUT2D eigenvalue weighted by atomic mass is 16.5. The maximum atomic E-state index is 6.26. The van der Waals surface area contributed by atoms with Gasteiger partial charge in [0.2, 0.25) is 17.1 Å². The van der Waals surface area contributed by atoms with Gasteiger partial charge in [0.15, 0.2) is 0 Å². The summed E-state index contributed by atoms with van der Waals surface area (Å²) >= 11 is 0. The molecule has 10 heteroatoms. The Morgan fingerprint density at radius 3 is 1.94 bits per heavy atom. The standard InChI is InChI=1S/C60H80N3O7/c1-58(2)51-43-49(65-7)23-25-53(51)61(32-35-68-40-39-67-34-31-60(5)29-30-60)55(58)27-21-45-19-20-46(57(45)63(47-15-11-9-12-16-47)48-17-13-10-14-18-48)22-28-56-59(3,4)52-44-50(66-8)24-26-54(52)62(56)33-36-69-41-42-70-38-37-64-6/h9-18,21-27,43-44,52,54,56H,19-20,28-42H2,1-8H3/q+1/b46-22+. The van der Waals surface area contributed by atoms with Crippen LogP contribution in [0.2, 0.25) is 0 Å². The Balaban J connectivity index is 1.12. The lowest BCUT2D eigenvalue weighted by Crippen LogP contribution is -2.41. The molecule has 70 heavy (non-hydrogen) atoms. The number of para-hydroxylation sites is 2. The third-order valence-corrected chi connectivity index (χ3v) is 15.6. The van der Waals surface area contributed by atoms with Crippen molar-refractivity contribution in [3.8, 4) is 5.75 Å². The van der Waals surface area contributed by atoms with Gasteiger partial charge in [-0.3, -0.25) is 4.90 Å². The Hall–Kier alpha value is -4.81. The van der Waals surface area contributed by atoms with Gasteiger partial charge in [0, 0.05) is 97.0 Å². The average molecular weight is 955 g/mol. The summed E-state index contributed by atoms with van der Waals surface area (Å²) in [7, 11) is 5.22. The first kappa shape index (κ1) is 51.5. The minimum atomic E-state index is -0.278. The molecule has 2 heterocycles. The second kappa shape index (κ2) is 23.6. The van der Waals surface area contributed by atoms with E-state index in [2.05, 4.69) is 164 Å². The molecular formula is C60H80N3O7+. The number of benzene rings is 3. The van der Waals surface area contributed by atoms with Crippen molar-refractivity contribution in [3.05, 3.63) is 143 Å². The van der Waals surface area contributed by atoms with Crippen LogP contribution >= 0.6 is 0 Å². The first-order valence-electron chi connectivity index (χ1n) is 25.8. The highest BCUT2D eigenvalue weighted by Gasteiger charge is 2.52. The second-order valence-electron chi connectivity index (χ2n) is 21.0. The predicted molar refractivity (Wildman–Crippen MR) is 284 cm³/mol. The molecule has 3 aromatic carbocycles. The van der Waals surface area contributed by atoms with Crippen molar-refractivity contribution < 1.29 is 33.2 Å². The van der Waals surface area contributed by atoms with E-state index in [1.807, 2.05) is 0 Å². The van der Waals surface area contributed by atoms with Crippen LogP contribution in [0.15, 0.2) is 138 Å². The van der Waals surface area contributed by atoms with E-state index in [1.54, 1.807) is 21.3 Å². The fourth-order valence-electron chi connectivity index (χ4n) is 11.1. The van der Waals surface area contributed by atoms with Gasteiger partial charge in [0.1, 0.15) is 11.5 Å². The lowest BCUT2D eigenvalue weighted by atomic mass is 9.72. The van der Waals surface area contributed by atoms with Gasteiger partial charge in [0.05, 0.1) is 67.1 Å². The number of methoxy groups -OCH3 is 3. The highest BCUT2D eigenvalue weighted by Crippen LogP contribution is 2.51. The van der Waals surface area contributed by atoms with E-state index >= 15 is 0 Å². The van der Waals surface area contributed by atoms with E-state index < -0.39 is 0 Å². The summed E-state index contributed by atoms with van der Waals surface area (Å²) in [4.78, 5) is 5.15. The first-order valence-corrected chi connectivity index (χ1v) is 25.8. The number of hydrogen-bond acceptors (Lipinski definition) is 9. The molecule has 1 saturated heterocycles. The van der Waals surface area contributed by atoms with Crippen LogP contribution in [0, 0.1) is 16.7 Å². The zero-order valence-corrected chi connectivity index (χ0v) is 43.4. The molecule has 8 rings (SSSR count). The summed E-state index contributed by atoms with van der Waals surface area (Å²) in [5, 5.41) is 0. The summed E-state index contributed by atoms with van der Waals surface area (Å²) in [5.74, 6) is 2.10. The molecular weight excluding hydrogens is 875 g/mol. The van der Waals surface area contributed by atoms with Gasteiger partial charge in [-0.15, -0.1) is 0 Å². The van der Waals surface area contributed by atoms with Crippen LogP contribution in [-0.2, 0) is 33.8 Å². The van der Waals surface area contributed by atoms with E-state index in [4.69, 9.17) is 33.2 Å². The molecule has 2 saturated carbocycles. The number of anilines is 1. The number of rotatable bonds is 25. The maximum absolute atomic E-state index is 6.26. The average Bonchev–Trinajstić information content (AvgIpc) is 3.84. The Kier molecular flexibility index (Phi) is 17.4. The quantitative estimate of drug-likeness (QED) is 0.0610. The van der Waals surface area contributed by atoms with Gasteiger partial charge in [-0.25, -0.2) is 0 Å². The number of likely N-dealkylation sites (tertiary alicyclic amines) is 1. The molecule has 0 bridgehead atoms. The molecule has 0 aromatic heterocycles. The van der Waals surface area contributed by atoms with Crippen molar-refractivity contribution in [1.29, 1.82) is 0 Å². The topological polar surface area (TPSA) is 74.1 Å². The number of allylic oxidation sites excluding steroid dienone is 6. The molecule has 376 valence electrons. The molecule has 2 aliphatic heterocycles. The minimum absolute atomic E-state index is 0.0413. The second-order valence-corrected chi connectivity index (χ2v) is 21.0. The molecule has 0 spiro atoms. The first-order chi connectivity index (χ1) is 34.0. The van der Waals surface area contributed by atoms with E-state index in [9.17, 15) is 0 Å². The molecule has 3 atom stereocenters. The highest BCUT2D eigenvalue weighted by molar-refractivity contribution is 6.17. The van der Waals surface area contributed by atoms with E-state index in [-0.39, 0.29) is 22.9 Å². The Morgan fingerprint density at radius 1 is 0.671 bits per heavy atom. The van der Waals surface area contributed by atoms with E-state index in [0.29, 0.717) is 64.2 Å². The number of nitrogens with zero attached hydrogens (tertiary/aromatic N) is 3. The van der Waals surface area contributed by atoms with Gasteiger partial charge in [-0.05, 0) is 91.3 Å². The maximum Gasteiger partial charge on any atom is 0.217 e. The fourth-order valence-corrected chi connectivity index (χ4v) is 11.1. The Bertz CT molecular complexity index is 2350. The van der Waals surface area contributed by atoms with Crippen LogP contribution in [0.25, 0.3) is 0 Å². The van der Waals surface area contributed by atoms with Crippen molar-refractivity contribution in [1.82, 2.24) is 9.48 Å². The van der Waals surface area contributed by atoms with Crippen molar-refractivity contribution in [2.24, 2.45) is 16.7 Å². The van der Waals surface area contributed by atoms with Gasteiger partial charge in [0.25, 0.3) is 0 Å². The number of fused-ring (bicyclic) bond motifs is 2. The Labute approximate surface area is 419 Å². The van der Waals surface area contributed by atoms with Crippen LogP contribution in [0.3, 0.4) is 0 Å². The molecule has 3 aliphatic carbocycles. The lowest BCUT2D eigenvalue weighted by molar-refractivity contribution is 0.0155. The third kappa shape index (κ3) is 11.9. The van der Waals surface area contributed by atoms with Gasteiger partial charge < -0.3 is 38.1 Å². The molecule has 0 amide bonds. The van der Waals surface area contributed by atoms with Crippen LogP contribution in [0.1, 0.15) is 78.7 Å². The minimum Gasteiger partial charge on any atom is -0.497 e. The summed E-state index contributed by atoms with van der Waals surface area (Å²) in [6.07, 6.45) is 20.8. The van der Waals surface area contributed by atoms with Gasteiger partial charge in [-0.2, -0.15) is 4.58 Å². The molecule has 0 radical (unpaired) electrons. The normalized spacial score (nSPS) is 23.6. The molecule has 3 unspecified atom stereocenters.